The quantitative estimate of drug-likeness (QED) is 0.368. The number of carbonyl (C=O) groups excluding carboxylic acids is 2. The van der Waals surface area contributed by atoms with Gasteiger partial charge in [0.25, 0.3) is 11.8 Å². The van der Waals surface area contributed by atoms with Crippen LogP contribution >= 0.6 is 0 Å². The predicted molar refractivity (Wildman–Crippen MR) is 129 cm³/mol. The van der Waals surface area contributed by atoms with E-state index in [1.807, 2.05) is 13.0 Å². The van der Waals surface area contributed by atoms with Crippen LogP contribution in [0.1, 0.15) is 27.8 Å². The molecule has 0 aliphatic carbocycles. The Kier molecular flexibility index (Phi) is 6.68. The van der Waals surface area contributed by atoms with E-state index in [1.54, 1.807) is 60.7 Å². The van der Waals surface area contributed by atoms with Crippen LogP contribution in [-0.2, 0) is 0 Å². The number of fused-ring (bicyclic) bond motifs is 1. The Morgan fingerprint density at radius 3 is 2.24 bits per heavy atom. The molecule has 0 bridgehead atoms. The number of hydrogen-bond donors (Lipinski definition) is 2. The standard InChI is InChI=1S/C26H24N2O6/c1-4-33-22-12-8-6-10-20(22)27-26(30)24-23(19-9-5-7-11-21(19)34-24)28-25(29)16-13-17(31-2)15-18(14-16)32-3/h5-15H,4H2,1-3H3,(H,27,30)(H,28,29). The minimum absolute atomic E-state index is 0.0317. The van der Waals surface area contributed by atoms with Gasteiger partial charge in [0.1, 0.15) is 28.5 Å². The van der Waals surface area contributed by atoms with Gasteiger partial charge in [-0.15, -0.1) is 0 Å². The van der Waals surface area contributed by atoms with Gasteiger partial charge in [0.05, 0.1) is 26.5 Å². The molecule has 34 heavy (non-hydrogen) atoms. The molecule has 0 aliphatic heterocycles. The second-order valence-corrected chi connectivity index (χ2v) is 7.24. The Balaban J connectivity index is 1.70. The number of carbonyl (C=O) groups is 2. The number of para-hydroxylation sites is 3. The van der Waals surface area contributed by atoms with Gasteiger partial charge in [-0.25, -0.2) is 0 Å². The third kappa shape index (κ3) is 4.66. The van der Waals surface area contributed by atoms with Gasteiger partial charge in [0, 0.05) is 17.0 Å². The number of furan rings is 1. The second kappa shape index (κ2) is 9.99. The fourth-order valence-corrected chi connectivity index (χ4v) is 3.48. The van der Waals surface area contributed by atoms with Crippen LogP contribution in [0.3, 0.4) is 0 Å². The van der Waals surface area contributed by atoms with Crippen LogP contribution in [0.5, 0.6) is 17.2 Å². The molecule has 8 nitrogen and oxygen atoms in total. The van der Waals surface area contributed by atoms with E-state index in [0.29, 0.717) is 46.1 Å². The van der Waals surface area contributed by atoms with E-state index in [4.69, 9.17) is 18.6 Å². The highest BCUT2D eigenvalue weighted by molar-refractivity contribution is 6.17. The predicted octanol–water partition coefficient (Wildman–Crippen LogP) is 5.35. The maximum Gasteiger partial charge on any atom is 0.293 e. The topological polar surface area (TPSA) is 99.0 Å². The summed E-state index contributed by atoms with van der Waals surface area (Å²) in [5.74, 6) is 0.452. The highest BCUT2D eigenvalue weighted by atomic mass is 16.5. The molecule has 2 N–H and O–H groups in total. The van der Waals surface area contributed by atoms with Crippen molar-refractivity contribution < 1.29 is 28.2 Å². The summed E-state index contributed by atoms with van der Waals surface area (Å²) in [6.45, 7) is 2.31. The van der Waals surface area contributed by atoms with Crippen molar-refractivity contribution in [2.24, 2.45) is 0 Å². The molecular formula is C26H24N2O6. The van der Waals surface area contributed by atoms with Gasteiger partial charge in [-0.2, -0.15) is 0 Å². The smallest absolute Gasteiger partial charge is 0.293 e. The number of rotatable bonds is 8. The molecule has 0 saturated carbocycles. The molecule has 0 aliphatic rings. The van der Waals surface area contributed by atoms with Crippen molar-refractivity contribution in [3.63, 3.8) is 0 Å². The lowest BCUT2D eigenvalue weighted by molar-refractivity contribution is 0.0999. The molecule has 4 rings (SSSR count). The third-order valence-electron chi connectivity index (χ3n) is 5.09. The minimum atomic E-state index is -0.526. The molecule has 0 atom stereocenters. The van der Waals surface area contributed by atoms with Crippen LogP contribution in [0.15, 0.2) is 71.1 Å². The maximum absolute atomic E-state index is 13.2. The summed E-state index contributed by atoms with van der Waals surface area (Å²) >= 11 is 0. The molecule has 0 saturated heterocycles. The molecule has 4 aromatic rings. The van der Waals surface area contributed by atoms with Crippen LogP contribution < -0.4 is 24.8 Å². The molecule has 3 aromatic carbocycles. The van der Waals surface area contributed by atoms with E-state index in [0.717, 1.165) is 0 Å². The maximum atomic E-state index is 13.2. The van der Waals surface area contributed by atoms with Crippen molar-refractivity contribution >= 4 is 34.2 Å². The first-order chi connectivity index (χ1) is 16.5. The number of methoxy groups -OCH3 is 2. The van der Waals surface area contributed by atoms with Crippen molar-refractivity contribution in [2.75, 3.05) is 31.5 Å². The monoisotopic (exact) mass is 460 g/mol. The van der Waals surface area contributed by atoms with Gasteiger partial charge in [-0.1, -0.05) is 24.3 Å². The highest BCUT2D eigenvalue weighted by Gasteiger charge is 2.24. The Labute approximate surface area is 196 Å². The molecule has 2 amide bonds. The van der Waals surface area contributed by atoms with E-state index in [-0.39, 0.29) is 11.4 Å². The van der Waals surface area contributed by atoms with Crippen LogP contribution in [0.2, 0.25) is 0 Å². The first-order valence-corrected chi connectivity index (χ1v) is 10.6. The van der Waals surface area contributed by atoms with Gasteiger partial charge >= 0.3 is 0 Å². The summed E-state index contributed by atoms with van der Waals surface area (Å²) in [7, 11) is 3.01. The molecule has 1 heterocycles. The summed E-state index contributed by atoms with van der Waals surface area (Å²) in [5, 5.41) is 6.23. The largest absolute Gasteiger partial charge is 0.497 e. The van der Waals surface area contributed by atoms with Gasteiger partial charge in [-0.05, 0) is 43.3 Å². The zero-order valence-corrected chi connectivity index (χ0v) is 19.0. The van der Waals surface area contributed by atoms with E-state index < -0.39 is 11.8 Å². The van der Waals surface area contributed by atoms with Crippen molar-refractivity contribution in [3.05, 3.63) is 78.1 Å². The summed E-state index contributed by atoms with van der Waals surface area (Å²) in [5.41, 5.74) is 1.51. The summed E-state index contributed by atoms with van der Waals surface area (Å²) in [6.07, 6.45) is 0. The Morgan fingerprint density at radius 1 is 0.853 bits per heavy atom. The lowest BCUT2D eigenvalue weighted by atomic mass is 10.1. The average molecular weight is 460 g/mol. The number of benzene rings is 3. The Bertz CT molecular complexity index is 1320. The van der Waals surface area contributed by atoms with Crippen molar-refractivity contribution in [1.29, 1.82) is 0 Å². The van der Waals surface area contributed by atoms with E-state index in [2.05, 4.69) is 10.6 Å². The van der Waals surface area contributed by atoms with Gasteiger partial charge < -0.3 is 29.3 Å². The molecule has 0 spiro atoms. The lowest BCUT2D eigenvalue weighted by Gasteiger charge is -2.12. The van der Waals surface area contributed by atoms with E-state index >= 15 is 0 Å². The number of nitrogens with one attached hydrogen (secondary N) is 2. The van der Waals surface area contributed by atoms with Crippen LogP contribution in [0.25, 0.3) is 11.0 Å². The van der Waals surface area contributed by atoms with E-state index in [1.165, 1.54) is 14.2 Å². The molecule has 8 heteroatoms. The van der Waals surface area contributed by atoms with E-state index in [9.17, 15) is 9.59 Å². The first-order valence-electron chi connectivity index (χ1n) is 10.6. The lowest BCUT2D eigenvalue weighted by Crippen LogP contribution is -2.17. The number of anilines is 2. The highest BCUT2D eigenvalue weighted by Crippen LogP contribution is 2.33. The van der Waals surface area contributed by atoms with Crippen molar-refractivity contribution in [2.45, 2.75) is 6.92 Å². The summed E-state index contributed by atoms with van der Waals surface area (Å²) in [6, 6.07) is 19.0. The van der Waals surface area contributed by atoms with Gasteiger partial charge in [0.2, 0.25) is 5.76 Å². The molecule has 0 radical (unpaired) electrons. The first kappa shape index (κ1) is 22.7. The van der Waals surface area contributed by atoms with Crippen molar-refractivity contribution in [3.8, 4) is 17.2 Å². The Hall–Kier alpha value is -4.46. The zero-order chi connectivity index (χ0) is 24.1. The Morgan fingerprint density at radius 2 is 1.53 bits per heavy atom. The zero-order valence-electron chi connectivity index (χ0n) is 19.0. The van der Waals surface area contributed by atoms with Crippen molar-refractivity contribution in [1.82, 2.24) is 0 Å². The molecular weight excluding hydrogens is 436 g/mol. The second-order valence-electron chi connectivity index (χ2n) is 7.24. The summed E-state index contributed by atoms with van der Waals surface area (Å²) in [4.78, 5) is 26.4. The number of amides is 2. The SMILES string of the molecule is CCOc1ccccc1NC(=O)c1oc2ccccc2c1NC(=O)c1cc(OC)cc(OC)c1. The molecule has 1 aromatic heterocycles. The third-order valence-corrected chi connectivity index (χ3v) is 5.09. The fourth-order valence-electron chi connectivity index (χ4n) is 3.48. The number of ether oxygens (including phenoxy) is 3. The normalized spacial score (nSPS) is 10.6. The number of hydrogen-bond acceptors (Lipinski definition) is 6. The average Bonchev–Trinajstić information content (AvgIpc) is 3.23. The summed E-state index contributed by atoms with van der Waals surface area (Å²) < 4.78 is 21.9. The van der Waals surface area contributed by atoms with Gasteiger partial charge in [-0.3, -0.25) is 9.59 Å². The fraction of sp³-hybridized carbons (Fsp3) is 0.154. The molecule has 0 fully saturated rings. The molecule has 174 valence electrons. The molecule has 0 unspecified atom stereocenters. The van der Waals surface area contributed by atoms with Crippen LogP contribution in [0.4, 0.5) is 11.4 Å². The minimum Gasteiger partial charge on any atom is -0.497 e. The van der Waals surface area contributed by atoms with Gasteiger partial charge in [0.15, 0.2) is 0 Å². The van der Waals surface area contributed by atoms with Crippen LogP contribution in [-0.4, -0.2) is 32.6 Å². The van der Waals surface area contributed by atoms with Crippen LogP contribution in [0, 0.1) is 0 Å².